The van der Waals surface area contributed by atoms with Crippen molar-refractivity contribution in [2.24, 2.45) is 5.73 Å². The predicted molar refractivity (Wildman–Crippen MR) is 82.3 cm³/mol. The summed E-state index contributed by atoms with van der Waals surface area (Å²) in [5, 5.41) is 0. The van der Waals surface area contributed by atoms with E-state index in [4.69, 9.17) is 10.5 Å². The summed E-state index contributed by atoms with van der Waals surface area (Å²) in [6, 6.07) is 12.8. The largest absolute Gasteiger partial charge is 0.497 e. The number of hydrogen-bond donors (Lipinski definition) is 1. The Morgan fingerprint density at radius 1 is 1.20 bits per heavy atom. The van der Waals surface area contributed by atoms with E-state index in [0.717, 1.165) is 24.2 Å². The number of ether oxygens (including phenoxy) is 1. The molecule has 2 rings (SSSR count). The zero-order valence-corrected chi connectivity index (χ0v) is 12.9. The van der Waals surface area contributed by atoms with E-state index < -0.39 is 0 Å². The molecule has 0 fully saturated rings. The molecule has 0 aliphatic carbocycles. The summed E-state index contributed by atoms with van der Waals surface area (Å²) in [6.07, 6.45) is 1.62. The fraction of sp³-hybridized carbons (Fsp3) is 0.250. The number of benzene rings is 2. The Kier molecular flexibility index (Phi) is 5.15. The third kappa shape index (κ3) is 3.81. The maximum Gasteiger partial charge on any atom is 0.137 e. The molecule has 2 N–H and O–H groups in total. The molecule has 1 atom stereocenters. The highest BCUT2D eigenvalue weighted by Gasteiger charge is 2.09. The zero-order chi connectivity index (χ0) is 14.5. The van der Waals surface area contributed by atoms with Gasteiger partial charge >= 0.3 is 0 Å². The van der Waals surface area contributed by atoms with Crippen LogP contribution in [0.5, 0.6) is 5.75 Å². The lowest BCUT2D eigenvalue weighted by Gasteiger charge is -2.12. The lowest BCUT2D eigenvalue weighted by atomic mass is 10.00. The van der Waals surface area contributed by atoms with Crippen molar-refractivity contribution >= 4 is 15.9 Å². The molecular weight excluding hydrogens is 321 g/mol. The molecular formula is C16H17BrFNO. The first-order chi connectivity index (χ1) is 9.60. The van der Waals surface area contributed by atoms with Crippen molar-refractivity contribution in [1.29, 1.82) is 0 Å². The van der Waals surface area contributed by atoms with Crippen LogP contribution in [-0.2, 0) is 6.42 Å². The third-order valence-corrected chi connectivity index (χ3v) is 3.92. The van der Waals surface area contributed by atoms with E-state index >= 15 is 0 Å². The molecule has 0 aliphatic heterocycles. The van der Waals surface area contributed by atoms with Gasteiger partial charge < -0.3 is 10.5 Å². The molecule has 1 unspecified atom stereocenters. The van der Waals surface area contributed by atoms with Crippen LogP contribution in [0.25, 0.3) is 0 Å². The predicted octanol–water partition coefficient (Wildman–Crippen LogP) is 4.23. The summed E-state index contributed by atoms with van der Waals surface area (Å²) in [5.41, 5.74) is 8.12. The zero-order valence-electron chi connectivity index (χ0n) is 11.3. The summed E-state index contributed by atoms with van der Waals surface area (Å²) in [4.78, 5) is 0. The van der Waals surface area contributed by atoms with Crippen molar-refractivity contribution in [3.63, 3.8) is 0 Å². The van der Waals surface area contributed by atoms with Gasteiger partial charge in [-0.05, 0) is 64.2 Å². The number of aryl methyl sites for hydroxylation is 1. The summed E-state index contributed by atoms with van der Waals surface area (Å²) in [6.45, 7) is 0. The molecule has 106 valence electrons. The van der Waals surface area contributed by atoms with Gasteiger partial charge in [0.2, 0.25) is 0 Å². The average molecular weight is 338 g/mol. The molecule has 0 amide bonds. The molecule has 0 radical (unpaired) electrons. The standard InChI is InChI=1S/C16H17BrFNO/c1-20-13-6-2-11(3-7-13)4-9-16(19)12-5-8-14(17)15(18)10-12/h2-3,5-8,10,16H,4,9,19H2,1H3. The van der Waals surface area contributed by atoms with Gasteiger partial charge in [-0.1, -0.05) is 18.2 Å². The van der Waals surface area contributed by atoms with Gasteiger partial charge in [0.05, 0.1) is 11.6 Å². The Labute approximate surface area is 126 Å². The lowest BCUT2D eigenvalue weighted by molar-refractivity contribution is 0.414. The van der Waals surface area contributed by atoms with E-state index in [-0.39, 0.29) is 11.9 Å². The minimum absolute atomic E-state index is 0.167. The molecule has 2 aromatic carbocycles. The maximum absolute atomic E-state index is 13.5. The van der Waals surface area contributed by atoms with Crippen molar-refractivity contribution in [3.8, 4) is 5.75 Å². The minimum Gasteiger partial charge on any atom is -0.497 e. The van der Waals surface area contributed by atoms with Crippen LogP contribution in [0.1, 0.15) is 23.6 Å². The SMILES string of the molecule is COc1ccc(CCC(N)c2ccc(Br)c(F)c2)cc1. The van der Waals surface area contributed by atoms with Gasteiger partial charge in [-0.15, -0.1) is 0 Å². The van der Waals surface area contributed by atoms with Gasteiger partial charge in [0.25, 0.3) is 0 Å². The van der Waals surface area contributed by atoms with Crippen molar-refractivity contribution in [1.82, 2.24) is 0 Å². The topological polar surface area (TPSA) is 35.2 Å². The molecule has 2 nitrogen and oxygen atoms in total. The number of nitrogens with two attached hydrogens (primary N) is 1. The summed E-state index contributed by atoms with van der Waals surface area (Å²) in [5.74, 6) is 0.565. The fourth-order valence-electron chi connectivity index (χ4n) is 2.02. The van der Waals surface area contributed by atoms with E-state index in [1.807, 2.05) is 30.3 Å². The first kappa shape index (κ1) is 15.0. The molecule has 0 bridgehead atoms. The van der Waals surface area contributed by atoms with Crippen LogP contribution < -0.4 is 10.5 Å². The second-order valence-corrected chi connectivity index (χ2v) is 5.52. The molecule has 2 aromatic rings. The van der Waals surface area contributed by atoms with Crippen molar-refractivity contribution < 1.29 is 9.13 Å². The smallest absolute Gasteiger partial charge is 0.137 e. The Morgan fingerprint density at radius 3 is 2.50 bits per heavy atom. The van der Waals surface area contributed by atoms with Gasteiger partial charge in [0, 0.05) is 6.04 Å². The number of hydrogen-bond acceptors (Lipinski definition) is 2. The number of rotatable bonds is 5. The molecule has 0 aromatic heterocycles. The first-order valence-corrected chi connectivity index (χ1v) is 7.23. The van der Waals surface area contributed by atoms with Crippen molar-refractivity contribution in [3.05, 3.63) is 63.9 Å². The third-order valence-electron chi connectivity index (χ3n) is 3.27. The van der Waals surface area contributed by atoms with Crippen LogP contribution >= 0.6 is 15.9 Å². The Balaban J connectivity index is 1.96. The Hall–Kier alpha value is -1.39. The van der Waals surface area contributed by atoms with E-state index in [1.165, 1.54) is 11.6 Å². The van der Waals surface area contributed by atoms with Crippen LogP contribution in [0.3, 0.4) is 0 Å². The van der Waals surface area contributed by atoms with E-state index in [9.17, 15) is 4.39 Å². The summed E-state index contributed by atoms with van der Waals surface area (Å²) < 4.78 is 19.0. The van der Waals surface area contributed by atoms with Gasteiger partial charge in [0.1, 0.15) is 11.6 Å². The van der Waals surface area contributed by atoms with Gasteiger partial charge in [-0.3, -0.25) is 0 Å². The van der Waals surface area contributed by atoms with Crippen LogP contribution in [0.2, 0.25) is 0 Å². The van der Waals surface area contributed by atoms with Gasteiger partial charge in [-0.2, -0.15) is 0 Å². The molecule has 0 spiro atoms. The lowest BCUT2D eigenvalue weighted by Crippen LogP contribution is -2.11. The molecule has 0 aliphatic rings. The molecule has 20 heavy (non-hydrogen) atoms. The monoisotopic (exact) mass is 337 g/mol. The molecule has 0 saturated heterocycles. The van der Waals surface area contributed by atoms with Crippen LogP contribution in [0, 0.1) is 5.82 Å². The maximum atomic E-state index is 13.5. The summed E-state index contributed by atoms with van der Waals surface area (Å²) >= 11 is 3.14. The number of methoxy groups -OCH3 is 1. The molecule has 4 heteroatoms. The molecule has 0 heterocycles. The quantitative estimate of drug-likeness (QED) is 0.886. The Morgan fingerprint density at radius 2 is 1.90 bits per heavy atom. The number of halogens is 2. The van der Waals surface area contributed by atoms with Crippen molar-refractivity contribution in [2.45, 2.75) is 18.9 Å². The van der Waals surface area contributed by atoms with Crippen LogP contribution in [-0.4, -0.2) is 7.11 Å². The summed E-state index contributed by atoms with van der Waals surface area (Å²) in [7, 11) is 1.65. The molecule has 0 saturated carbocycles. The second-order valence-electron chi connectivity index (χ2n) is 4.67. The minimum atomic E-state index is -0.276. The fourth-order valence-corrected chi connectivity index (χ4v) is 2.27. The highest BCUT2D eigenvalue weighted by atomic mass is 79.9. The highest BCUT2D eigenvalue weighted by molar-refractivity contribution is 9.10. The van der Waals surface area contributed by atoms with Crippen LogP contribution in [0.15, 0.2) is 46.9 Å². The van der Waals surface area contributed by atoms with E-state index in [0.29, 0.717) is 4.47 Å². The average Bonchev–Trinajstić information content (AvgIpc) is 2.48. The van der Waals surface area contributed by atoms with Gasteiger partial charge in [0.15, 0.2) is 0 Å². The highest BCUT2D eigenvalue weighted by Crippen LogP contribution is 2.22. The van der Waals surface area contributed by atoms with E-state index in [2.05, 4.69) is 15.9 Å². The van der Waals surface area contributed by atoms with Gasteiger partial charge in [-0.25, -0.2) is 4.39 Å². The van der Waals surface area contributed by atoms with Crippen LogP contribution in [0.4, 0.5) is 4.39 Å². The Bertz CT molecular complexity index is 571. The second kappa shape index (κ2) is 6.86. The normalized spacial score (nSPS) is 12.2. The van der Waals surface area contributed by atoms with E-state index in [1.54, 1.807) is 13.2 Å². The van der Waals surface area contributed by atoms with Crippen molar-refractivity contribution in [2.75, 3.05) is 7.11 Å². The first-order valence-electron chi connectivity index (χ1n) is 6.43.